The molecule has 132 valence electrons. The summed E-state index contributed by atoms with van der Waals surface area (Å²) in [6, 6.07) is 5.19. The van der Waals surface area contributed by atoms with Crippen LogP contribution in [0.25, 0.3) is 0 Å². The number of benzene rings is 1. The molecule has 24 heavy (non-hydrogen) atoms. The fraction of sp³-hybridized carbons (Fsp3) is 0.579. The average Bonchev–Trinajstić information content (AvgIpc) is 2.53. The summed E-state index contributed by atoms with van der Waals surface area (Å²) < 4.78 is 5.85. The van der Waals surface area contributed by atoms with Gasteiger partial charge in [-0.05, 0) is 45.4 Å². The van der Waals surface area contributed by atoms with Crippen molar-refractivity contribution < 1.29 is 14.3 Å². The summed E-state index contributed by atoms with van der Waals surface area (Å²) in [5.41, 5.74) is 0.271. The highest BCUT2D eigenvalue weighted by Crippen LogP contribution is 2.39. The zero-order valence-electron chi connectivity index (χ0n) is 14.9. The number of Topliss-reactive ketones (excluding diaryl/α,β-unsaturated/α-hetero) is 1. The number of halogens is 1. The number of ketones is 1. The Morgan fingerprint density at radius 3 is 2.62 bits per heavy atom. The molecule has 0 bridgehead atoms. The Balaban J connectivity index is 2.34. The number of carbonyl (C=O) groups is 2. The Morgan fingerprint density at radius 2 is 2.00 bits per heavy atom. The lowest BCUT2D eigenvalue weighted by Crippen LogP contribution is -2.52. The monoisotopic (exact) mass is 351 g/mol. The molecule has 0 N–H and O–H groups in total. The first-order valence-electron chi connectivity index (χ1n) is 8.61. The molecular formula is C19H26ClNO3. The van der Waals surface area contributed by atoms with E-state index >= 15 is 0 Å². The van der Waals surface area contributed by atoms with E-state index in [2.05, 4.69) is 6.92 Å². The van der Waals surface area contributed by atoms with Crippen molar-refractivity contribution >= 4 is 29.0 Å². The van der Waals surface area contributed by atoms with Crippen molar-refractivity contribution in [2.24, 2.45) is 0 Å². The van der Waals surface area contributed by atoms with Gasteiger partial charge in [-0.2, -0.15) is 0 Å². The lowest BCUT2D eigenvalue weighted by Gasteiger charge is -2.39. The largest absolute Gasteiger partial charge is 0.476 e. The molecule has 0 spiro atoms. The summed E-state index contributed by atoms with van der Waals surface area (Å²) in [7, 11) is 0. The first-order valence-corrected chi connectivity index (χ1v) is 9.05. The molecule has 2 rings (SSSR count). The predicted molar refractivity (Wildman–Crippen MR) is 97.3 cm³/mol. The summed E-state index contributed by atoms with van der Waals surface area (Å²) in [6.07, 6.45) is 4.30. The summed E-state index contributed by atoms with van der Waals surface area (Å²) in [5, 5.41) is -0.599. The molecule has 0 aliphatic carbocycles. The molecule has 5 heteroatoms. The van der Waals surface area contributed by atoms with Crippen molar-refractivity contribution in [3.8, 4) is 5.75 Å². The van der Waals surface area contributed by atoms with Crippen LogP contribution in [0.4, 0.5) is 5.69 Å². The Labute approximate surface area is 149 Å². The van der Waals surface area contributed by atoms with E-state index < -0.39 is 11.0 Å². The van der Waals surface area contributed by atoms with Crippen LogP contribution in [0.2, 0.25) is 0 Å². The second-order valence-corrected chi connectivity index (χ2v) is 7.45. The lowest BCUT2D eigenvalue weighted by molar-refractivity contribution is -0.132. The molecule has 1 amide bonds. The van der Waals surface area contributed by atoms with Gasteiger partial charge in [0.2, 0.25) is 0 Å². The number of unbranched alkanes of at least 4 members (excludes halogenated alkanes) is 3. The van der Waals surface area contributed by atoms with Crippen LogP contribution in [-0.2, 0) is 4.79 Å². The number of hydrogen-bond donors (Lipinski definition) is 0. The van der Waals surface area contributed by atoms with Crippen molar-refractivity contribution in [1.29, 1.82) is 0 Å². The third-order valence-corrected chi connectivity index (χ3v) is 4.45. The molecule has 0 aromatic heterocycles. The van der Waals surface area contributed by atoms with Crippen molar-refractivity contribution in [2.75, 3.05) is 11.4 Å². The van der Waals surface area contributed by atoms with Crippen LogP contribution < -0.4 is 9.64 Å². The van der Waals surface area contributed by atoms with Crippen LogP contribution in [0.3, 0.4) is 0 Å². The number of fused-ring (bicyclic) bond motifs is 1. The molecule has 0 saturated heterocycles. The van der Waals surface area contributed by atoms with E-state index in [0.717, 1.165) is 25.7 Å². The zero-order chi connectivity index (χ0) is 17.9. The SMILES string of the molecule is CCCCCCN1C(=O)C(C)(C)Oc2ccc(C(=O)C(C)Cl)cc21. The van der Waals surface area contributed by atoms with Gasteiger partial charge >= 0.3 is 0 Å². The molecule has 4 nitrogen and oxygen atoms in total. The molecule has 0 saturated carbocycles. The normalized spacial score (nSPS) is 17.2. The molecule has 1 heterocycles. The van der Waals surface area contributed by atoms with E-state index in [1.165, 1.54) is 0 Å². The van der Waals surface area contributed by atoms with Crippen LogP contribution in [-0.4, -0.2) is 29.2 Å². The fourth-order valence-corrected chi connectivity index (χ4v) is 3.00. The maximum atomic E-state index is 12.8. The van der Waals surface area contributed by atoms with E-state index in [1.807, 2.05) is 0 Å². The second-order valence-electron chi connectivity index (χ2n) is 6.79. The number of ether oxygens (including phenoxy) is 1. The molecule has 1 unspecified atom stereocenters. The third kappa shape index (κ3) is 3.92. The van der Waals surface area contributed by atoms with E-state index in [0.29, 0.717) is 23.5 Å². The van der Waals surface area contributed by atoms with E-state index in [9.17, 15) is 9.59 Å². The predicted octanol–water partition coefficient (Wildman–Crippen LogP) is 4.58. The minimum atomic E-state index is -0.900. The standard InChI is InChI=1S/C19H26ClNO3/c1-5-6-7-8-11-21-15-12-14(17(22)13(2)20)9-10-16(15)24-19(3,4)18(21)23/h9-10,12-13H,5-8,11H2,1-4H3. The zero-order valence-corrected chi connectivity index (χ0v) is 15.7. The van der Waals surface area contributed by atoms with Crippen molar-refractivity contribution in [2.45, 2.75) is 64.4 Å². The van der Waals surface area contributed by atoms with Crippen molar-refractivity contribution in [3.05, 3.63) is 23.8 Å². The smallest absolute Gasteiger partial charge is 0.270 e. The highest BCUT2D eigenvalue weighted by Gasteiger charge is 2.40. The maximum Gasteiger partial charge on any atom is 0.270 e. The number of hydrogen-bond acceptors (Lipinski definition) is 3. The van der Waals surface area contributed by atoms with Gasteiger partial charge in [-0.15, -0.1) is 11.6 Å². The summed E-state index contributed by atoms with van der Waals surface area (Å²) >= 11 is 5.91. The topological polar surface area (TPSA) is 46.6 Å². The highest BCUT2D eigenvalue weighted by molar-refractivity contribution is 6.33. The molecule has 1 aliphatic rings. The molecule has 1 aromatic rings. The van der Waals surface area contributed by atoms with Gasteiger partial charge in [-0.3, -0.25) is 9.59 Å². The van der Waals surface area contributed by atoms with Crippen LogP contribution in [0.15, 0.2) is 18.2 Å². The minimum Gasteiger partial charge on any atom is -0.476 e. The van der Waals surface area contributed by atoms with Crippen LogP contribution in [0, 0.1) is 0 Å². The van der Waals surface area contributed by atoms with Gasteiger partial charge in [0, 0.05) is 12.1 Å². The van der Waals surface area contributed by atoms with Crippen LogP contribution in [0.5, 0.6) is 5.75 Å². The third-order valence-electron chi connectivity index (χ3n) is 4.26. The van der Waals surface area contributed by atoms with Crippen molar-refractivity contribution in [3.63, 3.8) is 0 Å². The van der Waals surface area contributed by atoms with Gasteiger partial charge in [0.05, 0.1) is 11.1 Å². The fourth-order valence-electron chi connectivity index (χ4n) is 2.87. The molecule has 1 atom stereocenters. The Hall–Kier alpha value is -1.55. The number of nitrogens with zero attached hydrogens (tertiary/aromatic N) is 1. The molecule has 1 aliphatic heterocycles. The van der Waals surface area contributed by atoms with Crippen LogP contribution in [0.1, 0.15) is 63.7 Å². The van der Waals surface area contributed by atoms with Gasteiger partial charge in [0.15, 0.2) is 11.4 Å². The molecule has 0 radical (unpaired) electrons. The number of alkyl halides is 1. The minimum absolute atomic E-state index is 0.0741. The van der Waals surface area contributed by atoms with E-state index in [-0.39, 0.29) is 11.7 Å². The van der Waals surface area contributed by atoms with E-state index in [4.69, 9.17) is 16.3 Å². The van der Waals surface area contributed by atoms with Gasteiger partial charge < -0.3 is 9.64 Å². The molecular weight excluding hydrogens is 326 g/mol. The number of anilines is 1. The highest BCUT2D eigenvalue weighted by atomic mass is 35.5. The Bertz CT molecular complexity index is 625. The number of amides is 1. The first-order chi connectivity index (χ1) is 11.3. The Kier molecular flexibility index (Phi) is 5.92. The first kappa shape index (κ1) is 18.8. The summed E-state index contributed by atoms with van der Waals surface area (Å²) in [6.45, 7) is 7.99. The number of carbonyl (C=O) groups excluding carboxylic acids is 2. The van der Waals surface area contributed by atoms with Gasteiger partial charge in [-0.25, -0.2) is 0 Å². The average molecular weight is 352 g/mol. The molecule has 0 fully saturated rings. The maximum absolute atomic E-state index is 12.8. The van der Waals surface area contributed by atoms with E-state index in [1.54, 1.807) is 43.9 Å². The Morgan fingerprint density at radius 1 is 1.29 bits per heavy atom. The van der Waals surface area contributed by atoms with Gasteiger partial charge in [-0.1, -0.05) is 26.2 Å². The quantitative estimate of drug-likeness (QED) is 0.410. The lowest BCUT2D eigenvalue weighted by atomic mass is 10.0. The molecule has 1 aromatic carbocycles. The summed E-state index contributed by atoms with van der Waals surface area (Å²) in [4.78, 5) is 26.7. The van der Waals surface area contributed by atoms with Crippen molar-refractivity contribution in [1.82, 2.24) is 0 Å². The van der Waals surface area contributed by atoms with Gasteiger partial charge in [0.1, 0.15) is 5.75 Å². The second kappa shape index (κ2) is 7.56. The number of rotatable bonds is 7. The van der Waals surface area contributed by atoms with Crippen LogP contribution >= 0.6 is 11.6 Å². The summed E-state index contributed by atoms with van der Waals surface area (Å²) in [5.74, 6) is 0.409. The van der Waals surface area contributed by atoms with Gasteiger partial charge in [0.25, 0.3) is 5.91 Å².